The zero-order valence-electron chi connectivity index (χ0n) is 38.6. The average Bonchev–Trinajstić information content (AvgIpc) is 3.98. The number of rotatable bonds is 22. The zero-order valence-corrected chi connectivity index (χ0v) is 38.6. The van der Waals surface area contributed by atoms with Gasteiger partial charge in [-0.15, -0.1) is 10.2 Å². The van der Waals surface area contributed by atoms with Gasteiger partial charge in [-0.3, -0.25) is 9.59 Å². The normalized spacial score (nSPS) is 20.3. The van der Waals surface area contributed by atoms with E-state index in [4.69, 9.17) is 33.2 Å². The van der Waals surface area contributed by atoms with Crippen LogP contribution in [0.15, 0.2) is 48.8 Å². The zero-order chi connectivity index (χ0) is 46.6. The summed E-state index contributed by atoms with van der Waals surface area (Å²) in [6.45, 7) is 15.0. The van der Waals surface area contributed by atoms with E-state index in [2.05, 4.69) is 48.3 Å². The molecular formula is C46H62N8O11. The molecule has 19 nitrogen and oxygen atoms in total. The number of carbonyl (C=O) groups excluding carboxylic acids is 4. The molecule has 0 fully saturated rings. The quantitative estimate of drug-likeness (QED) is 0.0756. The van der Waals surface area contributed by atoms with Crippen LogP contribution in [-0.2, 0) is 56.0 Å². The number of anilines is 2. The van der Waals surface area contributed by atoms with Gasteiger partial charge in [0.25, 0.3) is 0 Å². The first kappa shape index (κ1) is 48.8. The molecule has 0 bridgehead atoms. The lowest BCUT2D eigenvalue weighted by Crippen LogP contribution is -2.49. The minimum atomic E-state index is -0.453. The Balaban J connectivity index is 0.857. The number of hydrogen-bond donors (Lipinski definition) is 0. The van der Waals surface area contributed by atoms with Gasteiger partial charge in [-0.1, -0.05) is 38.1 Å². The Morgan fingerprint density at radius 1 is 0.554 bits per heavy atom. The summed E-state index contributed by atoms with van der Waals surface area (Å²) in [6.07, 6.45) is 5.18. The van der Waals surface area contributed by atoms with Gasteiger partial charge in [-0.2, -0.15) is 0 Å². The standard InChI is InChI=1S/C46H62N8O11/c1-9-39-29(3)43(37-23-33(45(57)59-7)11-13-41(37)53(39)31(5)55)51-25-35(47-49-51)27-64-21-19-62-17-15-61-16-18-63-20-22-65-28-36-26-52(50-48-36)44-30(4)40(10-2)54(32(6)56)42-14-12-34(24-38(42)44)46(58)60-8/h11-14,23-26,29-30,39-40,43-44H,9-10,15-22,27-28H2,1-8H3/t29-,30-,39?,40?,43?,44?/m1/s1. The maximum Gasteiger partial charge on any atom is 0.337 e. The van der Waals surface area contributed by atoms with Gasteiger partial charge in [0.05, 0.1) is 116 Å². The number of ether oxygens (including phenoxy) is 7. The largest absolute Gasteiger partial charge is 0.465 e. The van der Waals surface area contributed by atoms with Crippen molar-refractivity contribution < 1.29 is 52.3 Å². The highest BCUT2D eigenvalue weighted by Gasteiger charge is 2.43. The number of nitrogens with zero attached hydrogens (tertiary/aromatic N) is 8. The number of amides is 2. The fourth-order valence-electron chi connectivity index (χ4n) is 9.17. The molecule has 2 amide bonds. The van der Waals surface area contributed by atoms with Crippen LogP contribution in [0.1, 0.15) is 110 Å². The van der Waals surface area contributed by atoms with Gasteiger partial charge in [0.1, 0.15) is 11.4 Å². The summed E-state index contributed by atoms with van der Waals surface area (Å²) in [4.78, 5) is 54.0. The molecule has 4 unspecified atom stereocenters. The van der Waals surface area contributed by atoms with E-state index in [9.17, 15) is 19.2 Å². The predicted octanol–water partition coefficient (Wildman–Crippen LogP) is 4.97. The van der Waals surface area contributed by atoms with Gasteiger partial charge in [-0.25, -0.2) is 19.0 Å². The van der Waals surface area contributed by atoms with Crippen LogP contribution in [0.5, 0.6) is 0 Å². The third-order valence-electron chi connectivity index (χ3n) is 12.1. The number of methoxy groups -OCH3 is 2. The number of carbonyl (C=O) groups is 4. The first-order valence-corrected chi connectivity index (χ1v) is 22.2. The molecule has 19 heteroatoms. The second kappa shape index (κ2) is 23.0. The molecule has 2 aliphatic heterocycles. The van der Waals surface area contributed by atoms with Gasteiger partial charge in [-0.05, 0) is 49.2 Å². The Morgan fingerprint density at radius 3 is 1.23 bits per heavy atom. The molecule has 6 atom stereocenters. The molecule has 6 rings (SSSR count). The van der Waals surface area contributed by atoms with Crippen LogP contribution in [0.2, 0.25) is 0 Å². The minimum absolute atomic E-state index is 0.0230. The maximum atomic E-state index is 12.8. The van der Waals surface area contributed by atoms with Crippen LogP contribution in [0.3, 0.4) is 0 Å². The molecule has 0 radical (unpaired) electrons. The van der Waals surface area contributed by atoms with Crippen LogP contribution in [0.25, 0.3) is 0 Å². The van der Waals surface area contributed by atoms with Crippen molar-refractivity contribution in [2.24, 2.45) is 11.8 Å². The lowest BCUT2D eigenvalue weighted by atomic mass is 9.80. The van der Waals surface area contributed by atoms with Crippen LogP contribution in [-0.4, -0.2) is 133 Å². The second-order valence-electron chi connectivity index (χ2n) is 16.2. The van der Waals surface area contributed by atoms with Crippen LogP contribution in [0, 0.1) is 11.8 Å². The van der Waals surface area contributed by atoms with Crippen LogP contribution in [0.4, 0.5) is 11.4 Å². The number of benzene rings is 2. The van der Waals surface area contributed by atoms with Crippen molar-refractivity contribution in [1.82, 2.24) is 30.0 Å². The lowest BCUT2D eigenvalue weighted by molar-refractivity contribution is -0.118. The van der Waals surface area contributed by atoms with Gasteiger partial charge in [0.15, 0.2) is 0 Å². The number of esters is 2. The number of aromatic nitrogens is 6. The molecule has 352 valence electrons. The Bertz CT molecular complexity index is 2090. The highest BCUT2D eigenvalue weighted by atomic mass is 16.6. The summed E-state index contributed by atoms with van der Waals surface area (Å²) >= 11 is 0. The first-order chi connectivity index (χ1) is 31.4. The smallest absolute Gasteiger partial charge is 0.337 e. The van der Waals surface area contributed by atoms with Crippen molar-refractivity contribution in [2.45, 2.75) is 91.8 Å². The van der Waals surface area contributed by atoms with Gasteiger partial charge in [0.2, 0.25) is 11.8 Å². The summed E-state index contributed by atoms with van der Waals surface area (Å²) in [5.41, 5.74) is 5.19. The number of fused-ring (bicyclic) bond motifs is 2. The van der Waals surface area contributed by atoms with Gasteiger partial charge < -0.3 is 43.0 Å². The highest BCUT2D eigenvalue weighted by molar-refractivity contribution is 5.97. The summed E-state index contributed by atoms with van der Waals surface area (Å²) in [5, 5.41) is 17.6. The summed E-state index contributed by atoms with van der Waals surface area (Å²) in [5.74, 6) is -1.08. The second-order valence-corrected chi connectivity index (χ2v) is 16.2. The Kier molecular flexibility index (Phi) is 17.3. The fourth-order valence-corrected chi connectivity index (χ4v) is 9.17. The van der Waals surface area contributed by atoms with Gasteiger partial charge >= 0.3 is 11.9 Å². The molecule has 2 aromatic heterocycles. The lowest BCUT2D eigenvalue weighted by Gasteiger charge is -2.44. The third-order valence-corrected chi connectivity index (χ3v) is 12.1. The molecule has 2 aliphatic rings. The van der Waals surface area contributed by atoms with E-state index in [-0.39, 0.29) is 61.0 Å². The van der Waals surface area contributed by atoms with E-state index in [0.29, 0.717) is 75.4 Å². The Morgan fingerprint density at radius 2 is 0.908 bits per heavy atom. The SMILES string of the molecule is CCC1[C@@H](C)C(n2cc(COCCOCCOCCOCCOCc3cn(C4c5cc(C(=O)OC)ccc5N(C(C)=O)C(CC)[C@H]4C)nn3)nn2)c2cc(C(=O)OC)ccc2N1C(C)=O. The van der Waals surface area contributed by atoms with E-state index >= 15 is 0 Å². The third kappa shape index (κ3) is 11.3. The molecule has 0 N–H and O–H groups in total. The topological polar surface area (TPSA) is 201 Å². The average molecular weight is 903 g/mol. The monoisotopic (exact) mass is 902 g/mol. The van der Waals surface area contributed by atoms with Crippen molar-refractivity contribution in [3.05, 3.63) is 82.4 Å². The van der Waals surface area contributed by atoms with Crippen molar-refractivity contribution in [3.63, 3.8) is 0 Å². The molecular weight excluding hydrogens is 841 g/mol. The maximum absolute atomic E-state index is 12.8. The van der Waals surface area contributed by atoms with Crippen LogP contribution >= 0.6 is 0 Å². The van der Waals surface area contributed by atoms with Crippen LogP contribution < -0.4 is 9.80 Å². The summed E-state index contributed by atoms with van der Waals surface area (Å²) in [6, 6.07) is 9.87. The van der Waals surface area contributed by atoms with Crippen molar-refractivity contribution >= 4 is 35.1 Å². The molecule has 0 saturated heterocycles. The molecule has 0 spiro atoms. The van der Waals surface area contributed by atoms with E-state index in [1.165, 1.54) is 14.2 Å². The Labute approximate surface area is 379 Å². The van der Waals surface area contributed by atoms with Crippen molar-refractivity contribution in [2.75, 3.05) is 76.9 Å². The van der Waals surface area contributed by atoms with E-state index in [0.717, 1.165) is 35.3 Å². The molecule has 65 heavy (non-hydrogen) atoms. The van der Waals surface area contributed by atoms with Gasteiger partial charge in [0, 0.05) is 60.3 Å². The van der Waals surface area contributed by atoms with E-state index in [1.807, 2.05) is 22.2 Å². The Hall–Kier alpha value is -5.60. The molecule has 2 aromatic carbocycles. The minimum Gasteiger partial charge on any atom is -0.465 e. The van der Waals surface area contributed by atoms with E-state index in [1.54, 1.807) is 59.6 Å². The molecule has 0 saturated carbocycles. The fraction of sp³-hybridized carbons (Fsp3) is 0.565. The van der Waals surface area contributed by atoms with Crippen molar-refractivity contribution in [3.8, 4) is 0 Å². The van der Waals surface area contributed by atoms with E-state index < -0.39 is 11.9 Å². The molecule has 4 heterocycles. The summed E-state index contributed by atoms with van der Waals surface area (Å²) in [7, 11) is 2.68. The highest BCUT2D eigenvalue weighted by Crippen LogP contribution is 2.45. The summed E-state index contributed by atoms with van der Waals surface area (Å²) < 4.78 is 42.1. The predicted molar refractivity (Wildman–Crippen MR) is 236 cm³/mol. The van der Waals surface area contributed by atoms with Crippen molar-refractivity contribution in [1.29, 1.82) is 0 Å². The number of hydrogen-bond acceptors (Lipinski definition) is 15. The molecule has 0 aliphatic carbocycles. The molecule has 4 aromatic rings. The first-order valence-electron chi connectivity index (χ1n) is 22.2.